The summed E-state index contributed by atoms with van der Waals surface area (Å²) in [6.45, 7) is 0. The van der Waals surface area contributed by atoms with Crippen molar-refractivity contribution >= 4 is 17.5 Å². The molecule has 0 fully saturated rings. The lowest BCUT2D eigenvalue weighted by Crippen LogP contribution is -2.33. The minimum atomic E-state index is -0.699. The third kappa shape index (κ3) is 3.50. The summed E-state index contributed by atoms with van der Waals surface area (Å²) >= 11 is 6.35. The van der Waals surface area contributed by atoms with Gasteiger partial charge in [0.2, 0.25) is 5.91 Å². The number of carbonyl (C=O) groups is 1. The Morgan fingerprint density at radius 1 is 1.22 bits per heavy atom. The predicted octanol–water partition coefficient (Wildman–Crippen LogP) is 4.17. The molecular weight excluding hydrogens is 310 g/mol. The Balaban J connectivity index is 1.71. The van der Waals surface area contributed by atoms with Crippen molar-refractivity contribution in [1.29, 1.82) is 0 Å². The van der Waals surface area contributed by atoms with Crippen molar-refractivity contribution in [3.63, 3.8) is 0 Å². The van der Waals surface area contributed by atoms with E-state index in [1.54, 1.807) is 7.11 Å². The number of fused-ring (bicyclic) bond motifs is 1. The van der Waals surface area contributed by atoms with Crippen LogP contribution in [0.1, 0.15) is 41.0 Å². The summed E-state index contributed by atoms with van der Waals surface area (Å²) in [5, 5.41) is 2.40. The lowest BCUT2D eigenvalue weighted by molar-refractivity contribution is -0.121. The first-order valence-corrected chi connectivity index (χ1v) is 8.29. The van der Waals surface area contributed by atoms with Crippen molar-refractivity contribution in [3.05, 3.63) is 65.2 Å². The normalized spacial score (nSPS) is 17.9. The third-order valence-corrected chi connectivity index (χ3v) is 4.77. The largest absolute Gasteiger partial charge is 0.497 e. The number of aryl methyl sites for hydroxylation is 1. The van der Waals surface area contributed by atoms with E-state index < -0.39 is 5.38 Å². The van der Waals surface area contributed by atoms with Gasteiger partial charge in [-0.1, -0.05) is 36.4 Å². The zero-order chi connectivity index (χ0) is 16.2. The number of methoxy groups -OCH3 is 1. The predicted molar refractivity (Wildman–Crippen MR) is 91.9 cm³/mol. The Labute approximate surface area is 141 Å². The second-order valence-electron chi connectivity index (χ2n) is 5.79. The number of rotatable bonds is 4. The van der Waals surface area contributed by atoms with Crippen molar-refractivity contribution in [2.24, 2.45) is 0 Å². The summed E-state index contributed by atoms with van der Waals surface area (Å²) in [5.74, 6) is 0.595. The maximum absolute atomic E-state index is 12.5. The number of ether oxygens (including phenoxy) is 1. The molecule has 2 atom stereocenters. The van der Waals surface area contributed by atoms with Gasteiger partial charge >= 0.3 is 0 Å². The molecule has 0 saturated carbocycles. The van der Waals surface area contributed by atoms with Crippen LogP contribution in [0.2, 0.25) is 0 Å². The molecule has 0 aliphatic heterocycles. The second-order valence-corrected chi connectivity index (χ2v) is 6.22. The van der Waals surface area contributed by atoms with Crippen LogP contribution in [0, 0.1) is 0 Å². The van der Waals surface area contributed by atoms with Gasteiger partial charge in [0, 0.05) is 0 Å². The van der Waals surface area contributed by atoms with E-state index in [1.165, 1.54) is 11.1 Å². The Morgan fingerprint density at radius 3 is 2.70 bits per heavy atom. The van der Waals surface area contributed by atoms with E-state index in [4.69, 9.17) is 16.3 Å². The molecule has 0 aromatic heterocycles. The summed E-state index contributed by atoms with van der Waals surface area (Å²) in [7, 11) is 1.61. The van der Waals surface area contributed by atoms with E-state index in [-0.39, 0.29) is 11.9 Å². The number of hydrogen-bond donors (Lipinski definition) is 1. The molecule has 4 heteroatoms. The fourth-order valence-electron chi connectivity index (χ4n) is 3.07. The molecule has 2 aromatic carbocycles. The molecule has 3 rings (SSSR count). The second kappa shape index (κ2) is 7.05. The van der Waals surface area contributed by atoms with E-state index in [0.717, 1.165) is 30.6 Å². The van der Waals surface area contributed by atoms with Gasteiger partial charge in [-0.2, -0.15) is 0 Å². The lowest BCUT2D eigenvalue weighted by atomic mass is 9.87. The first-order valence-electron chi connectivity index (χ1n) is 7.85. The fourth-order valence-corrected chi connectivity index (χ4v) is 3.28. The highest BCUT2D eigenvalue weighted by Crippen LogP contribution is 2.31. The van der Waals surface area contributed by atoms with Gasteiger partial charge in [0.25, 0.3) is 0 Å². The summed E-state index contributed by atoms with van der Waals surface area (Å²) in [4.78, 5) is 12.5. The molecule has 2 aromatic rings. The van der Waals surface area contributed by atoms with Crippen LogP contribution in [0.5, 0.6) is 5.75 Å². The van der Waals surface area contributed by atoms with Crippen LogP contribution in [0.25, 0.3) is 0 Å². The van der Waals surface area contributed by atoms with E-state index in [0.29, 0.717) is 0 Å². The minimum absolute atomic E-state index is 0.0481. The van der Waals surface area contributed by atoms with Gasteiger partial charge in [-0.05, 0) is 48.1 Å². The van der Waals surface area contributed by atoms with Crippen LogP contribution in [-0.4, -0.2) is 13.0 Å². The molecule has 0 heterocycles. The summed E-state index contributed by atoms with van der Waals surface area (Å²) in [5.41, 5.74) is 3.30. The number of hydrogen-bond acceptors (Lipinski definition) is 2. The molecule has 1 aliphatic carbocycles. The molecule has 3 nitrogen and oxygen atoms in total. The van der Waals surface area contributed by atoms with Crippen LogP contribution in [0.15, 0.2) is 48.5 Å². The summed E-state index contributed by atoms with van der Waals surface area (Å²) in [6.07, 6.45) is 3.11. The zero-order valence-corrected chi connectivity index (χ0v) is 13.8. The van der Waals surface area contributed by atoms with Gasteiger partial charge in [-0.25, -0.2) is 0 Å². The highest BCUT2D eigenvalue weighted by molar-refractivity contribution is 6.30. The van der Waals surface area contributed by atoms with Gasteiger partial charge in [0.05, 0.1) is 13.2 Å². The number of amides is 1. The van der Waals surface area contributed by atoms with E-state index in [2.05, 4.69) is 17.4 Å². The van der Waals surface area contributed by atoms with Crippen LogP contribution in [0.4, 0.5) is 0 Å². The molecule has 1 amide bonds. The molecule has 0 spiro atoms. The number of carbonyl (C=O) groups excluding carboxylic acids is 1. The maximum atomic E-state index is 12.5. The molecule has 2 unspecified atom stereocenters. The molecule has 120 valence electrons. The Kier molecular flexibility index (Phi) is 4.87. The van der Waals surface area contributed by atoms with E-state index >= 15 is 0 Å². The van der Waals surface area contributed by atoms with Gasteiger partial charge < -0.3 is 10.1 Å². The maximum Gasteiger partial charge on any atom is 0.243 e. The molecule has 1 aliphatic rings. The average Bonchev–Trinajstić information content (AvgIpc) is 2.61. The van der Waals surface area contributed by atoms with Crippen LogP contribution in [0.3, 0.4) is 0 Å². The molecule has 1 N–H and O–H groups in total. The monoisotopic (exact) mass is 329 g/mol. The van der Waals surface area contributed by atoms with Crippen molar-refractivity contribution in [2.45, 2.75) is 30.7 Å². The molecule has 0 bridgehead atoms. The highest BCUT2D eigenvalue weighted by Gasteiger charge is 2.25. The molecule has 0 saturated heterocycles. The number of halogens is 1. The SMILES string of the molecule is COc1ccc(C(Cl)C(=O)NC2CCCc3ccccc32)cc1. The minimum Gasteiger partial charge on any atom is -0.497 e. The van der Waals surface area contributed by atoms with Crippen molar-refractivity contribution in [3.8, 4) is 5.75 Å². The van der Waals surface area contributed by atoms with Gasteiger partial charge in [-0.15, -0.1) is 11.6 Å². The van der Waals surface area contributed by atoms with Crippen LogP contribution < -0.4 is 10.1 Å². The Hall–Kier alpha value is -2.00. The summed E-state index contributed by atoms with van der Waals surface area (Å²) < 4.78 is 5.13. The molecule has 23 heavy (non-hydrogen) atoms. The number of nitrogens with one attached hydrogen (secondary N) is 1. The Bertz CT molecular complexity index is 684. The topological polar surface area (TPSA) is 38.3 Å². The number of benzene rings is 2. The summed E-state index contributed by atoms with van der Waals surface area (Å²) in [6, 6.07) is 15.6. The quantitative estimate of drug-likeness (QED) is 0.855. The van der Waals surface area contributed by atoms with Crippen molar-refractivity contribution in [2.75, 3.05) is 7.11 Å². The average molecular weight is 330 g/mol. The van der Waals surface area contributed by atoms with Crippen LogP contribution >= 0.6 is 11.6 Å². The lowest BCUT2D eigenvalue weighted by Gasteiger charge is -2.27. The Morgan fingerprint density at radius 2 is 1.96 bits per heavy atom. The van der Waals surface area contributed by atoms with Crippen molar-refractivity contribution in [1.82, 2.24) is 5.32 Å². The van der Waals surface area contributed by atoms with Gasteiger partial charge in [0.1, 0.15) is 11.1 Å². The number of alkyl halides is 1. The highest BCUT2D eigenvalue weighted by atomic mass is 35.5. The molecule has 0 radical (unpaired) electrons. The first kappa shape index (κ1) is 15.9. The third-order valence-electron chi connectivity index (χ3n) is 4.32. The van der Waals surface area contributed by atoms with E-state index in [9.17, 15) is 4.79 Å². The van der Waals surface area contributed by atoms with Crippen molar-refractivity contribution < 1.29 is 9.53 Å². The molecular formula is C19H20ClNO2. The van der Waals surface area contributed by atoms with Gasteiger partial charge in [-0.3, -0.25) is 4.79 Å². The standard InChI is InChI=1S/C19H20ClNO2/c1-23-15-11-9-14(10-12-15)18(20)19(22)21-17-8-4-6-13-5-2-3-7-16(13)17/h2-3,5,7,9-12,17-18H,4,6,8H2,1H3,(H,21,22). The fraction of sp³-hybridized carbons (Fsp3) is 0.316. The van der Waals surface area contributed by atoms with Crippen LogP contribution in [-0.2, 0) is 11.2 Å². The van der Waals surface area contributed by atoms with Gasteiger partial charge in [0.15, 0.2) is 0 Å². The first-order chi connectivity index (χ1) is 11.2. The van der Waals surface area contributed by atoms with E-state index in [1.807, 2.05) is 36.4 Å². The smallest absolute Gasteiger partial charge is 0.243 e. The zero-order valence-electron chi connectivity index (χ0n) is 13.1.